The molecule has 0 unspecified atom stereocenters. The summed E-state index contributed by atoms with van der Waals surface area (Å²) in [6, 6.07) is 8.05. The van der Waals surface area contributed by atoms with E-state index in [4.69, 9.17) is 5.73 Å². The number of benzene rings is 1. The third kappa shape index (κ3) is 3.59. The van der Waals surface area contributed by atoms with Crippen LogP contribution in [0.15, 0.2) is 41.1 Å². The van der Waals surface area contributed by atoms with Crippen LogP contribution in [0, 0.1) is 0 Å². The summed E-state index contributed by atoms with van der Waals surface area (Å²) < 4.78 is 2.56. The molecule has 0 saturated carbocycles. The van der Waals surface area contributed by atoms with Gasteiger partial charge in [0.05, 0.1) is 11.9 Å². The van der Waals surface area contributed by atoms with Crippen LogP contribution in [0.4, 0.5) is 5.69 Å². The van der Waals surface area contributed by atoms with Crippen LogP contribution in [0.3, 0.4) is 0 Å². The second-order valence-electron chi connectivity index (χ2n) is 3.87. The van der Waals surface area contributed by atoms with Crippen molar-refractivity contribution in [3.8, 4) is 0 Å². The lowest BCUT2D eigenvalue weighted by Crippen LogP contribution is -2.18. The minimum absolute atomic E-state index is 0.0972. The SMILES string of the molecule is NC(=O)Cn1cc(NCc2ccc(Br)cc2)cn1. The van der Waals surface area contributed by atoms with Crippen LogP contribution >= 0.6 is 15.9 Å². The summed E-state index contributed by atoms with van der Waals surface area (Å²) in [5.41, 5.74) is 7.12. The average molecular weight is 309 g/mol. The Morgan fingerprint density at radius 3 is 2.78 bits per heavy atom. The molecule has 94 valence electrons. The molecule has 0 bridgehead atoms. The van der Waals surface area contributed by atoms with Crippen LogP contribution in [-0.4, -0.2) is 15.7 Å². The maximum absolute atomic E-state index is 10.7. The van der Waals surface area contributed by atoms with Gasteiger partial charge in [0.2, 0.25) is 5.91 Å². The zero-order valence-corrected chi connectivity index (χ0v) is 11.2. The number of nitrogens with one attached hydrogen (secondary N) is 1. The molecule has 1 aromatic heterocycles. The van der Waals surface area contributed by atoms with Gasteiger partial charge in [0, 0.05) is 17.2 Å². The zero-order chi connectivity index (χ0) is 13.0. The zero-order valence-electron chi connectivity index (χ0n) is 9.64. The van der Waals surface area contributed by atoms with E-state index in [1.807, 2.05) is 24.3 Å². The van der Waals surface area contributed by atoms with Crippen molar-refractivity contribution >= 4 is 27.5 Å². The maximum Gasteiger partial charge on any atom is 0.239 e. The molecule has 0 radical (unpaired) electrons. The topological polar surface area (TPSA) is 72.9 Å². The van der Waals surface area contributed by atoms with E-state index in [1.165, 1.54) is 10.2 Å². The number of aromatic nitrogens is 2. The maximum atomic E-state index is 10.7. The van der Waals surface area contributed by atoms with Gasteiger partial charge in [0.15, 0.2) is 0 Å². The van der Waals surface area contributed by atoms with E-state index in [9.17, 15) is 4.79 Å². The summed E-state index contributed by atoms with van der Waals surface area (Å²) in [4.78, 5) is 10.7. The molecule has 0 aliphatic rings. The molecule has 0 aliphatic heterocycles. The molecule has 0 saturated heterocycles. The van der Waals surface area contributed by atoms with Crippen molar-refractivity contribution in [3.05, 3.63) is 46.7 Å². The lowest BCUT2D eigenvalue weighted by Gasteiger charge is -2.03. The predicted octanol–water partition coefficient (Wildman–Crippen LogP) is 1.74. The summed E-state index contributed by atoms with van der Waals surface area (Å²) in [5.74, 6) is -0.405. The van der Waals surface area contributed by atoms with Gasteiger partial charge in [-0.25, -0.2) is 0 Å². The first kappa shape index (κ1) is 12.6. The fourth-order valence-corrected chi connectivity index (χ4v) is 1.77. The second-order valence-corrected chi connectivity index (χ2v) is 4.79. The van der Waals surface area contributed by atoms with Gasteiger partial charge in [0.25, 0.3) is 0 Å². The van der Waals surface area contributed by atoms with E-state index >= 15 is 0 Å². The first-order valence-electron chi connectivity index (χ1n) is 5.42. The van der Waals surface area contributed by atoms with Crippen molar-refractivity contribution < 1.29 is 4.79 Å². The third-order valence-corrected chi connectivity index (χ3v) is 2.89. The number of carbonyl (C=O) groups excluding carboxylic acids is 1. The van der Waals surface area contributed by atoms with Crippen LogP contribution < -0.4 is 11.1 Å². The van der Waals surface area contributed by atoms with Gasteiger partial charge in [-0.1, -0.05) is 28.1 Å². The van der Waals surface area contributed by atoms with Crippen molar-refractivity contribution in [1.82, 2.24) is 9.78 Å². The smallest absolute Gasteiger partial charge is 0.239 e. The van der Waals surface area contributed by atoms with Crippen molar-refractivity contribution in [3.63, 3.8) is 0 Å². The molecule has 5 nitrogen and oxygen atoms in total. The number of nitrogens with two attached hydrogens (primary N) is 1. The highest BCUT2D eigenvalue weighted by Crippen LogP contribution is 2.12. The molecule has 0 aliphatic carbocycles. The quantitative estimate of drug-likeness (QED) is 0.883. The molecule has 1 aromatic carbocycles. The predicted molar refractivity (Wildman–Crippen MR) is 72.9 cm³/mol. The van der Waals surface area contributed by atoms with Gasteiger partial charge in [0.1, 0.15) is 6.54 Å². The van der Waals surface area contributed by atoms with E-state index in [0.29, 0.717) is 6.54 Å². The van der Waals surface area contributed by atoms with Gasteiger partial charge in [-0.2, -0.15) is 5.10 Å². The molecule has 0 spiro atoms. The highest BCUT2D eigenvalue weighted by atomic mass is 79.9. The number of hydrogen-bond acceptors (Lipinski definition) is 3. The van der Waals surface area contributed by atoms with Crippen molar-refractivity contribution in [2.24, 2.45) is 5.73 Å². The van der Waals surface area contributed by atoms with Crippen LogP contribution in [0.2, 0.25) is 0 Å². The Kier molecular flexibility index (Phi) is 3.99. The van der Waals surface area contributed by atoms with Crippen molar-refractivity contribution in [2.75, 3.05) is 5.32 Å². The summed E-state index contributed by atoms with van der Waals surface area (Å²) in [5, 5.41) is 7.25. The van der Waals surface area contributed by atoms with E-state index in [1.54, 1.807) is 12.4 Å². The number of carbonyl (C=O) groups is 1. The Bertz CT molecular complexity index is 535. The van der Waals surface area contributed by atoms with Crippen LogP contribution in [-0.2, 0) is 17.9 Å². The first-order valence-corrected chi connectivity index (χ1v) is 6.22. The van der Waals surface area contributed by atoms with Gasteiger partial charge in [-0.3, -0.25) is 9.48 Å². The van der Waals surface area contributed by atoms with Gasteiger partial charge < -0.3 is 11.1 Å². The summed E-state index contributed by atoms with van der Waals surface area (Å²) in [6.07, 6.45) is 3.42. The Hall–Kier alpha value is -1.82. The number of nitrogens with zero attached hydrogens (tertiary/aromatic N) is 2. The van der Waals surface area contributed by atoms with Crippen molar-refractivity contribution in [1.29, 1.82) is 0 Å². The normalized spacial score (nSPS) is 10.3. The standard InChI is InChI=1S/C12H13BrN4O/c13-10-3-1-9(2-4-10)5-15-11-6-16-17(7-11)8-12(14)18/h1-4,6-7,15H,5,8H2,(H2,14,18). The van der Waals surface area contributed by atoms with E-state index in [0.717, 1.165) is 10.2 Å². The molecule has 6 heteroatoms. The average Bonchev–Trinajstić information content (AvgIpc) is 2.75. The van der Waals surface area contributed by atoms with Crippen molar-refractivity contribution in [2.45, 2.75) is 13.1 Å². The van der Waals surface area contributed by atoms with E-state index in [2.05, 4.69) is 26.3 Å². The van der Waals surface area contributed by atoms with Crippen LogP contribution in [0.1, 0.15) is 5.56 Å². The molecule has 1 heterocycles. The highest BCUT2D eigenvalue weighted by Gasteiger charge is 2.01. The Labute approximate surface area is 113 Å². The number of anilines is 1. The minimum Gasteiger partial charge on any atom is -0.378 e. The monoisotopic (exact) mass is 308 g/mol. The van der Waals surface area contributed by atoms with Crippen LogP contribution in [0.25, 0.3) is 0 Å². The van der Waals surface area contributed by atoms with Gasteiger partial charge >= 0.3 is 0 Å². The number of halogens is 1. The van der Waals surface area contributed by atoms with E-state index < -0.39 is 5.91 Å². The first-order chi connectivity index (χ1) is 8.63. The Morgan fingerprint density at radius 1 is 1.39 bits per heavy atom. The highest BCUT2D eigenvalue weighted by molar-refractivity contribution is 9.10. The molecule has 1 amide bonds. The number of amides is 1. The molecule has 2 aromatic rings. The number of primary amides is 1. The minimum atomic E-state index is -0.405. The molecular formula is C12H13BrN4O. The molecular weight excluding hydrogens is 296 g/mol. The Balaban J connectivity index is 1.92. The fourth-order valence-electron chi connectivity index (χ4n) is 1.51. The summed E-state index contributed by atoms with van der Waals surface area (Å²) in [7, 11) is 0. The molecule has 0 fully saturated rings. The second kappa shape index (κ2) is 5.68. The molecule has 2 rings (SSSR count). The fraction of sp³-hybridized carbons (Fsp3) is 0.167. The third-order valence-electron chi connectivity index (χ3n) is 2.36. The Morgan fingerprint density at radius 2 is 2.11 bits per heavy atom. The lowest BCUT2D eigenvalue weighted by atomic mass is 10.2. The van der Waals surface area contributed by atoms with E-state index in [-0.39, 0.29) is 6.54 Å². The molecule has 18 heavy (non-hydrogen) atoms. The summed E-state index contributed by atoms with van der Waals surface area (Å²) >= 11 is 3.39. The number of hydrogen-bond donors (Lipinski definition) is 2. The molecule has 3 N–H and O–H groups in total. The summed E-state index contributed by atoms with van der Waals surface area (Å²) in [6.45, 7) is 0.801. The van der Waals surface area contributed by atoms with Gasteiger partial charge in [-0.05, 0) is 17.7 Å². The lowest BCUT2D eigenvalue weighted by molar-refractivity contribution is -0.118. The number of rotatable bonds is 5. The largest absolute Gasteiger partial charge is 0.378 e. The van der Waals surface area contributed by atoms with Crippen LogP contribution in [0.5, 0.6) is 0 Å². The van der Waals surface area contributed by atoms with Gasteiger partial charge in [-0.15, -0.1) is 0 Å². The molecule has 0 atom stereocenters.